The number of carbonyl (C=O) groups excluding carboxylic acids is 1. The van der Waals surface area contributed by atoms with Crippen LogP contribution in [0.15, 0.2) is 24.3 Å². The third kappa shape index (κ3) is 2.53. The van der Waals surface area contributed by atoms with E-state index in [0.29, 0.717) is 18.2 Å². The molecule has 1 aromatic carbocycles. The molecule has 1 amide bonds. The normalized spacial score (nSPS) is 19.9. The molecule has 2 aliphatic heterocycles. The Morgan fingerprint density at radius 1 is 1.25 bits per heavy atom. The van der Waals surface area contributed by atoms with Crippen LogP contribution in [-0.4, -0.2) is 35.4 Å². The summed E-state index contributed by atoms with van der Waals surface area (Å²) in [7, 11) is 0. The van der Waals surface area contributed by atoms with Crippen LogP contribution in [0.5, 0.6) is 0 Å². The first kappa shape index (κ1) is 15.7. The van der Waals surface area contributed by atoms with Crippen molar-refractivity contribution < 1.29 is 4.79 Å². The number of rotatable bonds is 2. The average molecular weight is 325 g/mol. The second-order valence-corrected chi connectivity index (χ2v) is 7.76. The SMILES string of the molecule is CC(C)CC(=O)N1CCC2(CC1)NCCc1c2[nH]c2ccccc12. The number of hydrogen-bond acceptors (Lipinski definition) is 2. The van der Waals surface area contributed by atoms with Gasteiger partial charge in [-0.2, -0.15) is 0 Å². The molecule has 2 aliphatic rings. The van der Waals surface area contributed by atoms with Gasteiger partial charge in [0.05, 0.1) is 5.54 Å². The van der Waals surface area contributed by atoms with Crippen LogP contribution < -0.4 is 5.32 Å². The van der Waals surface area contributed by atoms with Gasteiger partial charge in [0, 0.05) is 42.7 Å². The zero-order valence-electron chi connectivity index (χ0n) is 14.7. The number of nitrogens with zero attached hydrogens (tertiary/aromatic N) is 1. The highest BCUT2D eigenvalue weighted by molar-refractivity contribution is 5.85. The number of para-hydroxylation sites is 1. The molecule has 4 nitrogen and oxygen atoms in total. The van der Waals surface area contributed by atoms with Crippen molar-refractivity contribution in [3.8, 4) is 0 Å². The molecular weight excluding hydrogens is 298 g/mol. The number of aromatic amines is 1. The lowest BCUT2D eigenvalue weighted by Gasteiger charge is -2.45. The highest BCUT2D eigenvalue weighted by atomic mass is 16.2. The predicted octanol–water partition coefficient (Wildman–Crippen LogP) is 3.18. The third-order valence-corrected chi connectivity index (χ3v) is 5.68. The fourth-order valence-corrected chi connectivity index (χ4v) is 4.43. The van der Waals surface area contributed by atoms with Crippen LogP contribution >= 0.6 is 0 Å². The highest BCUT2D eigenvalue weighted by Gasteiger charge is 2.41. The quantitative estimate of drug-likeness (QED) is 0.891. The van der Waals surface area contributed by atoms with Crippen LogP contribution in [0.1, 0.15) is 44.4 Å². The van der Waals surface area contributed by atoms with Crippen molar-refractivity contribution in [1.82, 2.24) is 15.2 Å². The molecule has 128 valence electrons. The number of H-pyrrole nitrogens is 1. The molecule has 2 aromatic rings. The lowest BCUT2D eigenvalue weighted by molar-refractivity contribution is -0.133. The van der Waals surface area contributed by atoms with E-state index >= 15 is 0 Å². The minimum absolute atomic E-state index is 0.0151. The van der Waals surface area contributed by atoms with E-state index in [2.05, 4.69) is 53.3 Å². The summed E-state index contributed by atoms with van der Waals surface area (Å²) in [6.45, 7) is 6.96. The molecular formula is C20H27N3O. The van der Waals surface area contributed by atoms with Gasteiger partial charge in [0.25, 0.3) is 0 Å². The minimum atomic E-state index is 0.0151. The van der Waals surface area contributed by atoms with Crippen molar-refractivity contribution in [3.05, 3.63) is 35.5 Å². The number of amides is 1. The number of fused-ring (bicyclic) bond motifs is 4. The lowest BCUT2D eigenvalue weighted by Crippen LogP contribution is -2.55. The molecule has 0 aliphatic carbocycles. The number of likely N-dealkylation sites (tertiary alicyclic amines) is 1. The van der Waals surface area contributed by atoms with Gasteiger partial charge in [0.2, 0.25) is 5.91 Å². The van der Waals surface area contributed by atoms with E-state index in [1.165, 1.54) is 22.2 Å². The maximum Gasteiger partial charge on any atom is 0.222 e. The van der Waals surface area contributed by atoms with Crippen molar-refractivity contribution in [2.24, 2.45) is 5.92 Å². The molecule has 0 unspecified atom stereocenters. The van der Waals surface area contributed by atoms with E-state index < -0.39 is 0 Å². The van der Waals surface area contributed by atoms with E-state index in [-0.39, 0.29) is 5.54 Å². The number of benzene rings is 1. The molecule has 0 bridgehead atoms. The Balaban J connectivity index is 1.59. The molecule has 0 radical (unpaired) electrons. The Morgan fingerprint density at radius 2 is 2.00 bits per heavy atom. The zero-order chi connectivity index (χ0) is 16.7. The summed E-state index contributed by atoms with van der Waals surface area (Å²) in [6, 6.07) is 8.61. The average Bonchev–Trinajstić information content (AvgIpc) is 2.96. The van der Waals surface area contributed by atoms with E-state index in [4.69, 9.17) is 0 Å². The number of piperidine rings is 1. The molecule has 24 heavy (non-hydrogen) atoms. The molecule has 1 spiro atoms. The van der Waals surface area contributed by atoms with Gasteiger partial charge >= 0.3 is 0 Å². The van der Waals surface area contributed by atoms with Gasteiger partial charge < -0.3 is 15.2 Å². The molecule has 1 aromatic heterocycles. The van der Waals surface area contributed by atoms with Crippen LogP contribution in [0.2, 0.25) is 0 Å². The molecule has 2 N–H and O–H groups in total. The van der Waals surface area contributed by atoms with Crippen molar-refractivity contribution in [2.75, 3.05) is 19.6 Å². The first-order valence-corrected chi connectivity index (χ1v) is 9.22. The fourth-order valence-electron chi connectivity index (χ4n) is 4.43. The van der Waals surface area contributed by atoms with Gasteiger partial charge in [0.15, 0.2) is 0 Å². The van der Waals surface area contributed by atoms with Gasteiger partial charge in [-0.1, -0.05) is 32.0 Å². The molecule has 4 heteroatoms. The first-order valence-electron chi connectivity index (χ1n) is 9.22. The number of aromatic nitrogens is 1. The Hall–Kier alpha value is -1.81. The summed E-state index contributed by atoms with van der Waals surface area (Å²) >= 11 is 0. The molecule has 0 saturated carbocycles. The van der Waals surface area contributed by atoms with Gasteiger partial charge in [-0.05, 0) is 36.8 Å². The Labute approximate surface area is 143 Å². The maximum atomic E-state index is 12.4. The first-order chi connectivity index (χ1) is 11.6. The third-order valence-electron chi connectivity index (χ3n) is 5.68. The smallest absolute Gasteiger partial charge is 0.222 e. The summed E-state index contributed by atoms with van der Waals surface area (Å²) in [5.74, 6) is 0.744. The van der Waals surface area contributed by atoms with Crippen LogP contribution in [0.25, 0.3) is 10.9 Å². The zero-order valence-corrected chi connectivity index (χ0v) is 14.7. The Bertz CT molecular complexity index is 753. The van der Waals surface area contributed by atoms with Gasteiger partial charge in [-0.25, -0.2) is 0 Å². The fraction of sp³-hybridized carbons (Fsp3) is 0.550. The minimum Gasteiger partial charge on any atom is -0.357 e. The van der Waals surface area contributed by atoms with Crippen molar-refractivity contribution in [1.29, 1.82) is 0 Å². The van der Waals surface area contributed by atoms with Gasteiger partial charge in [-0.15, -0.1) is 0 Å². The Kier molecular flexibility index (Phi) is 3.87. The van der Waals surface area contributed by atoms with Crippen LogP contribution in [0.4, 0.5) is 0 Å². The topological polar surface area (TPSA) is 48.1 Å². The number of hydrogen-bond donors (Lipinski definition) is 2. The largest absolute Gasteiger partial charge is 0.357 e. The summed E-state index contributed by atoms with van der Waals surface area (Å²) in [4.78, 5) is 18.1. The molecule has 1 fully saturated rings. The van der Waals surface area contributed by atoms with Gasteiger partial charge in [0.1, 0.15) is 0 Å². The van der Waals surface area contributed by atoms with Gasteiger partial charge in [-0.3, -0.25) is 4.79 Å². The van der Waals surface area contributed by atoms with Crippen LogP contribution in [-0.2, 0) is 16.8 Å². The number of nitrogens with one attached hydrogen (secondary N) is 2. The highest BCUT2D eigenvalue weighted by Crippen LogP contribution is 2.40. The summed E-state index contributed by atoms with van der Waals surface area (Å²) in [6.07, 6.45) is 3.74. The molecule has 3 heterocycles. The Morgan fingerprint density at radius 3 is 2.75 bits per heavy atom. The summed E-state index contributed by atoms with van der Waals surface area (Å²) in [5.41, 5.74) is 4.10. The second kappa shape index (κ2) is 5.92. The standard InChI is InChI=1S/C20H27N3O/c1-14(2)13-18(24)23-11-8-20(9-12-23)19-16(7-10-21-20)15-5-3-4-6-17(15)22-19/h3-6,14,21-22H,7-13H2,1-2H3. The van der Waals surface area contributed by atoms with Crippen molar-refractivity contribution in [3.63, 3.8) is 0 Å². The van der Waals surface area contributed by atoms with Crippen molar-refractivity contribution in [2.45, 2.75) is 45.1 Å². The van der Waals surface area contributed by atoms with Crippen molar-refractivity contribution >= 4 is 16.8 Å². The van der Waals surface area contributed by atoms with Crippen LogP contribution in [0.3, 0.4) is 0 Å². The van der Waals surface area contributed by atoms with E-state index in [0.717, 1.165) is 38.9 Å². The molecule has 0 atom stereocenters. The van der Waals surface area contributed by atoms with E-state index in [9.17, 15) is 4.79 Å². The summed E-state index contributed by atoms with van der Waals surface area (Å²) in [5, 5.41) is 5.15. The monoisotopic (exact) mass is 325 g/mol. The summed E-state index contributed by atoms with van der Waals surface area (Å²) < 4.78 is 0. The molecule has 4 rings (SSSR count). The lowest BCUT2D eigenvalue weighted by atomic mass is 9.79. The van der Waals surface area contributed by atoms with E-state index in [1.807, 2.05) is 0 Å². The van der Waals surface area contributed by atoms with Crippen LogP contribution in [0, 0.1) is 5.92 Å². The number of carbonyl (C=O) groups is 1. The molecule has 1 saturated heterocycles. The predicted molar refractivity (Wildman–Crippen MR) is 97.0 cm³/mol. The maximum absolute atomic E-state index is 12.4. The second-order valence-electron chi connectivity index (χ2n) is 7.76. The van der Waals surface area contributed by atoms with E-state index in [1.54, 1.807) is 0 Å².